The van der Waals surface area contributed by atoms with Crippen LogP contribution in [0.3, 0.4) is 0 Å². The van der Waals surface area contributed by atoms with Crippen molar-refractivity contribution in [2.24, 2.45) is 0 Å². The number of hydrogen-bond acceptors (Lipinski definition) is 4. The quantitative estimate of drug-likeness (QED) is 0.799. The largest absolute Gasteiger partial charge is 0.495 e. The van der Waals surface area contributed by atoms with Gasteiger partial charge in [-0.25, -0.2) is 4.79 Å². The molecule has 0 aliphatic rings. The van der Waals surface area contributed by atoms with Crippen LogP contribution in [0.1, 0.15) is 23.0 Å². The maximum atomic E-state index is 11.7. The minimum atomic E-state index is -0.471. The zero-order chi connectivity index (χ0) is 13.3. The number of benzene rings is 1. The van der Waals surface area contributed by atoms with Gasteiger partial charge in [0.15, 0.2) is 0 Å². The highest BCUT2D eigenvalue weighted by molar-refractivity contribution is 6.32. The van der Waals surface area contributed by atoms with Crippen molar-refractivity contribution >= 4 is 28.5 Å². The second-order valence-corrected chi connectivity index (χ2v) is 4.17. The zero-order valence-corrected chi connectivity index (χ0v) is 11.1. The van der Waals surface area contributed by atoms with E-state index in [0.717, 1.165) is 10.9 Å². The Labute approximate surface area is 109 Å². The van der Waals surface area contributed by atoms with Crippen molar-refractivity contribution in [1.82, 2.24) is 0 Å². The first-order chi connectivity index (χ1) is 8.58. The molecule has 0 amide bonds. The first-order valence-electron chi connectivity index (χ1n) is 5.52. The molecule has 0 N–H and O–H groups in total. The third-order valence-electron chi connectivity index (χ3n) is 2.67. The van der Waals surface area contributed by atoms with Gasteiger partial charge >= 0.3 is 5.97 Å². The predicted octanol–water partition coefficient (Wildman–Crippen LogP) is 3.58. The molecule has 0 radical (unpaired) electrons. The highest BCUT2D eigenvalue weighted by Gasteiger charge is 2.20. The molecule has 96 valence electrons. The van der Waals surface area contributed by atoms with Crippen LogP contribution in [0.25, 0.3) is 11.0 Å². The van der Waals surface area contributed by atoms with Crippen LogP contribution in [0.2, 0.25) is 5.02 Å². The molecule has 1 heterocycles. The molecule has 1 aromatic carbocycles. The summed E-state index contributed by atoms with van der Waals surface area (Å²) in [5.74, 6) is 0.279. The van der Waals surface area contributed by atoms with Gasteiger partial charge in [-0.2, -0.15) is 0 Å². The van der Waals surface area contributed by atoms with Gasteiger partial charge in [0.1, 0.15) is 11.3 Å². The van der Waals surface area contributed by atoms with E-state index in [2.05, 4.69) is 0 Å². The van der Waals surface area contributed by atoms with Crippen LogP contribution in [-0.2, 0) is 4.74 Å². The molecule has 0 aliphatic heterocycles. The van der Waals surface area contributed by atoms with E-state index in [1.54, 1.807) is 26.0 Å². The summed E-state index contributed by atoms with van der Waals surface area (Å²) in [4.78, 5) is 11.7. The molecule has 0 spiro atoms. The molecule has 0 aliphatic carbocycles. The minimum Gasteiger partial charge on any atom is -0.495 e. The predicted molar refractivity (Wildman–Crippen MR) is 68.5 cm³/mol. The molecule has 0 atom stereocenters. The van der Waals surface area contributed by atoms with Crippen LogP contribution in [0.15, 0.2) is 16.5 Å². The fraction of sp³-hybridized carbons (Fsp3) is 0.308. The van der Waals surface area contributed by atoms with E-state index in [1.807, 2.05) is 0 Å². The van der Waals surface area contributed by atoms with Gasteiger partial charge in [-0.3, -0.25) is 0 Å². The summed E-state index contributed by atoms with van der Waals surface area (Å²) in [6.07, 6.45) is 0. The van der Waals surface area contributed by atoms with Crippen LogP contribution < -0.4 is 4.74 Å². The van der Waals surface area contributed by atoms with E-state index in [-0.39, 0.29) is 5.76 Å². The molecule has 2 rings (SSSR count). The Hall–Kier alpha value is -1.68. The van der Waals surface area contributed by atoms with E-state index in [9.17, 15) is 4.79 Å². The first-order valence-corrected chi connectivity index (χ1v) is 5.90. The summed E-state index contributed by atoms with van der Waals surface area (Å²) < 4.78 is 15.5. The molecule has 0 unspecified atom stereocenters. The number of methoxy groups -OCH3 is 1. The van der Waals surface area contributed by atoms with Crippen molar-refractivity contribution in [3.8, 4) is 5.75 Å². The molecule has 18 heavy (non-hydrogen) atoms. The molecule has 0 bridgehead atoms. The third-order valence-corrected chi connectivity index (χ3v) is 2.97. The fourth-order valence-electron chi connectivity index (χ4n) is 1.77. The van der Waals surface area contributed by atoms with E-state index in [0.29, 0.717) is 23.0 Å². The van der Waals surface area contributed by atoms with Crippen molar-refractivity contribution in [3.05, 3.63) is 28.5 Å². The van der Waals surface area contributed by atoms with Gasteiger partial charge in [0, 0.05) is 17.0 Å². The average molecular weight is 269 g/mol. The Morgan fingerprint density at radius 3 is 2.78 bits per heavy atom. The molecule has 0 saturated heterocycles. The Morgan fingerprint density at radius 1 is 1.44 bits per heavy atom. The lowest BCUT2D eigenvalue weighted by molar-refractivity contribution is 0.0491. The van der Waals surface area contributed by atoms with Crippen molar-refractivity contribution in [1.29, 1.82) is 0 Å². The van der Waals surface area contributed by atoms with Crippen LogP contribution in [0, 0.1) is 6.92 Å². The SMILES string of the molecule is CCOC(=O)c1oc2cc(Cl)c(OC)cc2c1C. The van der Waals surface area contributed by atoms with Crippen LogP contribution in [0.4, 0.5) is 0 Å². The summed E-state index contributed by atoms with van der Waals surface area (Å²) in [6.45, 7) is 3.85. The number of hydrogen-bond donors (Lipinski definition) is 0. The number of carbonyl (C=O) groups excluding carboxylic acids is 1. The minimum absolute atomic E-state index is 0.205. The maximum absolute atomic E-state index is 11.7. The van der Waals surface area contributed by atoms with Gasteiger partial charge in [-0.1, -0.05) is 11.6 Å². The molecular weight excluding hydrogens is 256 g/mol. The van der Waals surface area contributed by atoms with Crippen molar-refractivity contribution < 1.29 is 18.7 Å². The van der Waals surface area contributed by atoms with Gasteiger partial charge in [0.05, 0.1) is 18.7 Å². The number of fused-ring (bicyclic) bond motifs is 1. The van der Waals surface area contributed by atoms with Gasteiger partial charge in [0.25, 0.3) is 0 Å². The van der Waals surface area contributed by atoms with E-state index >= 15 is 0 Å². The highest BCUT2D eigenvalue weighted by Crippen LogP contribution is 2.34. The molecular formula is C13H13ClO4. The normalized spacial score (nSPS) is 10.7. The molecule has 5 heteroatoms. The number of esters is 1. The number of aryl methyl sites for hydroxylation is 1. The monoisotopic (exact) mass is 268 g/mol. The number of rotatable bonds is 3. The number of halogens is 1. The Kier molecular flexibility index (Phi) is 3.48. The molecule has 0 saturated carbocycles. The van der Waals surface area contributed by atoms with E-state index in [1.165, 1.54) is 7.11 Å². The molecule has 4 nitrogen and oxygen atoms in total. The van der Waals surface area contributed by atoms with Crippen molar-refractivity contribution in [2.45, 2.75) is 13.8 Å². The van der Waals surface area contributed by atoms with Gasteiger partial charge < -0.3 is 13.9 Å². The summed E-state index contributed by atoms with van der Waals surface area (Å²) in [5.41, 5.74) is 1.26. The standard InChI is InChI=1S/C13H13ClO4/c1-4-17-13(15)12-7(2)8-5-11(16-3)9(14)6-10(8)18-12/h5-6H,4H2,1-3H3. The van der Waals surface area contributed by atoms with Gasteiger partial charge in [-0.15, -0.1) is 0 Å². The van der Waals surface area contributed by atoms with E-state index < -0.39 is 5.97 Å². The van der Waals surface area contributed by atoms with Crippen molar-refractivity contribution in [3.63, 3.8) is 0 Å². The van der Waals surface area contributed by atoms with Gasteiger partial charge in [-0.05, 0) is 19.9 Å². The van der Waals surface area contributed by atoms with Crippen molar-refractivity contribution in [2.75, 3.05) is 13.7 Å². The Balaban J connectivity index is 2.59. The number of furan rings is 1. The maximum Gasteiger partial charge on any atom is 0.374 e. The van der Waals surface area contributed by atoms with Crippen LogP contribution >= 0.6 is 11.6 Å². The average Bonchev–Trinajstić information content (AvgIpc) is 2.65. The number of ether oxygens (including phenoxy) is 2. The van der Waals surface area contributed by atoms with E-state index in [4.69, 9.17) is 25.5 Å². The third kappa shape index (κ3) is 2.04. The summed E-state index contributed by atoms with van der Waals surface area (Å²) >= 11 is 6.00. The fourth-order valence-corrected chi connectivity index (χ4v) is 2.00. The Bertz CT molecular complexity index is 601. The lowest BCUT2D eigenvalue weighted by Gasteiger charge is -2.01. The zero-order valence-electron chi connectivity index (χ0n) is 10.4. The van der Waals surface area contributed by atoms with Gasteiger partial charge in [0.2, 0.25) is 5.76 Å². The number of carbonyl (C=O) groups is 1. The summed E-state index contributed by atoms with van der Waals surface area (Å²) in [6, 6.07) is 3.38. The lowest BCUT2D eigenvalue weighted by atomic mass is 10.1. The second kappa shape index (κ2) is 4.90. The molecule has 1 aromatic heterocycles. The Morgan fingerprint density at radius 2 is 2.17 bits per heavy atom. The molecule has 0 fully saturated rings. The van der Waals surface area contributed by atoms with Crippen LogP contribution in [0.5, 0.6) is 5.75 Å². The second-order valence-electron chi connectivity index (χ2n) is 3.76. The van der Waals surface area contributed by atoms with Crippen LogP contribution in [-0.4, -0.2) is 19.7 Å². The smallest absolute Gasteiger partial charge is 0.374 e. The topological polar surface area (TPSA) is 48.7 Å². The summed E-state index contributed by atoms with van der Waals surface area (Å²) in [7, 11) is 1.54. The molecule has 2 aromatic rings. The lowest BCUT2D eigenvalue weighted by Crippen LogP contribution is -2.04. The summed E-state index contributed by atoms with van der Waals surface area (Å²) in [5, 5.41) is 1.23. The highest BCUT2D eigenvalue weighted by atomic mass is 35.5. The first kappa shape index (κ1) is 12.8.